The molecule has 0 spiro atoms. The summed E-state index contributed by atoms with van der Waals surface area (Å²) in [5, 5.41) is 6.75. The van der Waals surface area contributed by atoms with Crippen LogP contribution in [0.2, 0.25) is 0 Å². The number of aromatic nitrogens is 3. The SMILES string of the molecule is CCc1nc(C(=O)N2CCN(C)CC2C)n[nH]1. The molecule has 1 amide bonds. The smallest absolute Gasteiger partial charge is 0.293 e. The maximum atomic E-state index is 12.2. The minimum absolute atomic E-state index is 0.0680. The third-order valence-corrected chi connectivity index (χ3v) is 3.15. The molecule has 1 atom stereocenters. The van der Waals surface area contributed by atoms with Crippen LogP contribution in [-0.4, -0.2) is 63.6 Å². The number of aromatic amines is 1. The van der Waals surface area contributed by atoms with E-state index < -0.39 is 0 Å². The largest absolute Gasteiger partial charge is 0.331 e. The van der Waals surface area contributed by atoms with E-state index in [9.17, 15) is 4.79 Å². The molecule has 94 valence electrons. The Morgan fingerprint density at radius 2 is 2.29 bits per heavy atom. The topological polar surface area (TPSA) is 65.1 Å². The molecule has 0 saturated carbocycles. The van der Waals surface area contributed by atoms with Crippen molar-refractivity contribution in [2.24, 2.45) is 0 Å². The highest BCUT2D eigenvalue weighted by Gasteiger charge is 2.28. The Bertz CT molecular complexity index is 402. The molecule has 17 heavy (non-hydrogen) atoms. The molecule has 2 rings (SSSR count). The fourth-order valence-corrected chi connectivity index (χ4v) is 2.12. The molecule has 0 aromatic carbocycles. The average Bonchev–Trinajstić information content (AvgIpc) is 2.76. The average molecular weight is 237 g/mol. The highest BCUT2D eigenvalue weighted by atomic mass is 16.2. The summed E-state index contributed by atoms with van der Waals surface area (Å²) in [7, 11) is 2.07. The minimum atomic E-state index is -0.0680. The van der Waals surface area contributed by atoms with Crippen molar-refractivity contribution in [2.75, 3.05) is 26.7 Å². The summed E-state index contributed by atoms with van der Waals surface area (Å²) < 4.78 is 0. The van der Waals surface area contributed by atoms with Crippen molar-refractivity contribution in [3.05, 3.63) is 11.6 Å². The normalized spacial score (nSPS) is 21.8. The van der Waals surface area contributed by atoms with Crippen LogP contribution in [0.4, 0.5) is 0 Å². The molecular formula is C11H19N5O. The van der Waals surface area contributed by atoms with Gasteiger partial charge in [0.2, 0.25) is 5.82 Å². The monoisotopic (exact) mass is 237 g/mol. The third-order valence-electron chi connectivity index (χ3n) is 3.15. The molecule has 0 aliphatic carbocycles. The molecule has 1 N–H and O–H groups in total. The molecule has 2 heterocycles. The Hall–Kier alpha value is -1.43. The van der Waals surface area contributed by atoms with Gasteiger partial charge in [0.15, 0.2) is 0 Å². The van der Waals surface area contributed by atoms with Gasteiger partial charge in [-0.25, -0.2) is 4.98 Å². The summed E-state index contributed by atoms with van der Waals surface area (Å²) in [6, 6.07) is 0.213. The zero-order valence-electron chi connectivity index (χ0n) is 10.6. The molecule has 1 aromatic heterocycles. The predicted molar refractivity (Wildman–Crippen MR) is 63.8 cm³/mol. The Labute approximate surface area is 101 Å². The zero-order valence-corrected chi connectivity index (χ0v) is 10.6. The van der Waals surface area contributed by atoms with Crippen LogP contribution in [0.25, 0.3) is 0 Å². The van der Waals surface area contributed by atoms with E-state index in [1.54, 1.807) is 0 Å². The number of hydrogen-bond acceptors (Lipinski definition) is 4. The first-order chi connectivity index (χ1) is 8.11. The van der Waals surface area contributed by atoms with E-state index >= 15 is 0 Å². The van der Waals surface area contributed by atoms with E-state index in [0.29, 0.717) is 5.82 Å². The molecule has 1 aliphatic heterocycles. The van der Waals surface area contributed by atoms with E-state index in [4.69, 9.17) is 0 Å². The lowest BCUT2D eigenvalue weighted by Crippen LogP contribution is -2.52. The van der Waals surface area contributed by atoms with Crippen molar-refractivity contribution in [1.82, 2.24) is 25.0 Å². The number of carbonyl (C=O) groups is 1. The van der Waals surface area contributed by atoms with E-state index in [1.807, 2.05) is 11.8 Å². The lowest BCUT2D eigenvalue weighted by atomic mass is 10.2. The van der Waals surface area contributed by atoms with Crippen LogP contribution in [0.15, 0.2) is 0 Å². The van der Waals surface area contributed by atoms with Gasteiger partial charge in [-0.2, -0.15) is 0 Å². The molecular weight excluding hydrogens is 218 g/mol. The highest BCUT2D eigenvalue weighted by Crippen LogP contribution is 2.11. The van der Waals surface area contributed by atoms with Gasteiger partial charge in [-0.1, -0.05) is 6.92 Å². The number of amides is 1. The van der Waals surface area contributed by atoms with Crippen LogP contribution in [0, 0.1) is 0 Å². The van der Waals surface area contributed by atoms with E-state index in [0.717, 1.165) is 31.9 Å². The lowest BCUT2D eigenvalue weighted by Gasteiger charge is -2.37. The Balaban J connectivity index is 2.09. The molecule has 1 saturated heterocycles. The maximum Gasteiger partial charge on any atom is 0.293 e. The summed E-state index contributed by atoms with van der Waals surface area (Å²) in [6.45, 7) is 6.58. The molecule has 1 fully saturated rings. The van der Waals surface area contributed by atoms with Crippen molar-refractivity contribution in [2.45, 2.75) is 26.3 Å². The standard InChI is InChI=1S/C11H19N5O/c1-4-9-12-10(14-13-9)11(17)16-6-5-15(3)7-8(16)2/h8H,4-7H2,1-3H3,(H,12,13,14). The van der Waals surface area contributed by atoms with Crippen LogP contribution in [0.5, 0.6) is 0 Å². The van der Waals surface area contributed by atoms with Gasteiger partial charge in [-0.05, 0) is 14.0 Å². The van der Waals surface area contributed by atoms with E-state index in [-0.39, 0.29) is 11.9 Å². The number of hydrogen-bond donors (Lipinski definition) is 1. The van der Waals surface area contributed by atoms with Gasteiger partial charge in [0.25, 0.3) is 5.91 Å². The summed E-state index contributed by atoms with van der Waals surface area (Å²) in [5.41, 5.74) is 0. The van der Waals surface area contributed by atoms with Gasteiger partial charge in [0, 0.05) is 32.1 Å². The quantitative estimate of drug-likeness (QED) is 0.795. The van der Waals surface area contributed by atoms with Crippen molar-refractivity contribution in [3.8, 4) is 0 Å². The van der Waals surface area contributed by atoms with Crippen LogP contribution >= 0.6 is 0 Å². The second kappa shape index (κ2) is 4.83. The summed E-state index contributed by atoms with van der Waals surface area (Å²) in [4.78, 5) is 20.5. The summed E-state index contributed by atoms with van der Waals surface area (Å²) in [5.74, 6) is 0.981. The van der Waals surface area contributed by atoms with Crippen molar-refractivity contribution >= 4 is 5.91 Å². The Kier molecular flexibility index (Phi) is 3.42. The molecule has 6 nitrogen and oxygen atoms in total. The first kappa shape index (κ1) is 12.0. The van der Waals surface area contributed by atoms with E-state index in [1.165, 1.54) is 0 Å². The van der Waals surface area contributed by atoms with Crippen LogP contribution in [0.1, 0.15) is 30.3 Å². The zero-order chi connectivity index (χ0) is 12.4. The third kappa shape index (κ3) is 2.46. The number of nitrogens with one attached hydrogen (secondary N) is 1. The second-order valence-electron chi connectivity index (χ2n) is 4.57. The van der Waals surface area contributed by atoms with Gasteiger partial charge in [0.1, 0.15) is 5.82 Å². The Morgan fingerprint density at radius 1 is 1.53 bits per heavy atom. The fourth-order valence-electron chi connectivity index (χ4n) is 2.12. The summed E-state index contributed by atoms with van der Waals surface area (Å²) >= 11 is 0. The number of H-pyrrole nitrogens is 1. The second-order valence-corrected chi connectivity index (χ2v) is 4.57. The van der Waals surface area contributed by atoms with Crippen LogP contribution in [-0.2, 0) is 6.42 Å². The van der Waals surface area contributed by atoms with Gasteiger partial charge < -0.3 is 9.80 Å². The first-order valence-electron chi connectivity index (χ1n) is 6.02. The van der Waals surface area contributed by atoms with Crippen molar-refractivity contribution < 1.29 is 4.79 Å². The fraction of sp³-hybridized carbons (Fsp3) is 0.727. The van der Waals surface area contributed by atoms with Gasteiger partial charge in [-0.3, -0.25) is 9.89 Å². The van der Waals surface area contributed by atoms with Gasteiger partial charge in [-0.15, -0.1) is 5.10 Å². The number of piperazine rings is 1. The van der Waals surface area contributed by atoms with Gasteiger partial charge in [0.05, 0.1) is 0 Å². The maximum absolute atomic E-state index is 12.2. The molecule has 1 unspecified atom stereocenters. The van der Waals surface area contributed by atoms with Crippen molar-refractivity contribution in [3.63, 3.8) is 0 Å². The molecule has 0 bridgehead atoms. The Morgan fingerprint density at radius 3 is 2.88 bits per heavy atom. The minimum Gasteiger partial charge on any atom is -0.331 e. The molecule has 0 radical (unpaired) electrons. The number of aryl methyl sites for hydroxylation is 1. The highest BCUT2D eigenvalue weighted by molar-refractivity contribution is 5.90. The number of carbonyl (C=O) groups excluding carboxylic acids is 1. The first-order valence-corrected chi connectivity index (χ1v) is 6.02. The summed E-state index contributed by atoms with van der Waals surface area (Å²) in [6.07, 6.45) is 0.762. The van der Waals surface area contributed by atoms with E-state index in [2.05, 4.69) is 34.1 Å². The lowest BCUT2D eigenvalue weighted by molar-refractivity contribution is 0.0522. The van der Waals surface area contributed by atoms with Crippen LogP contribution < -0.4 is 0 Å². The number of likely N-dealkylation sites (N-methyl/N-ethyl adjacent to an activating group) is 1. The number of nitrogens with zero attached hydrogens (tertiary/aromatic N) is 4. The van der Waals surface area contributed by atoms with Gasteiger partial charge >= 0.3 is 0 Å². The number of rotatable bonds is 2. The molecule has 6 heteroatoms. The predicted octanol–water partition coefficient (Wildman–Crippen LogP) is 0.143. The van der Waals surface area contributed by atoms with Crippen LogP contribution in [0.3, 0.4) is 0 Å². The molecule has 1 aromatic rings. The van der Waals surface area contributed by atoms with Crippen molar-refractivity contribution in [1.29, 1.82) is 0 Å². The molecule has 1 aliphatic rings.